The summed E-state index contributed by atoms with van der Waals surface area (Å²) in [6.07, 6.45) is 5.67. The molecule has 1 saturated carbocycles. The molecule has 3 aromatic heterocycles. The molecule has 2 N–H and O–H groups in total. The van der Waals surface area contributed by atoms with Gasteiger partial charge in [0, 0.05) is 75.1 Å². The normalized spacial score (nSPS) is 23.1. The predicted molar refractivity (Wildman–Crippen MR) is 226 cm³/mol. The molecule has 5 atom stereocenters. The number of nitrogens with one attached hydrogen (secondary N) is 2. The first kappa shape index (κ1) is 41.3. The summed E-state index contributed by atoms with van der Waals surface area (Å²) >= 11 is 0. The van der Waals surface area contributed by atoms with Crippen molar-refractivity contribution >= 4 is 40.6 Å². The lowest BCUT2D eigenvalue weighted by atomic mass is 9.89. The zero-order valence-electron chi connectivity index (χ0n) is 35.4. The number of hydrogen-bond acceptors (Lipinski definition) is 9. The van der Waals surface area contributed by atoms with E-state index in [-0.39, 0.29) is 42.2 Å². The number of carbonyl (C=O) groups excluding carboxylic acids is 4. The van der Waals surface area contributed by atoms with E-state index in [9.17, 15) is 19.2 Å². The SMILES string of the molecule is Cc1cc2cc(n1)-c1cnn(C)c1OCCC[C@@H](C)Cn1c(nc3ccc(C(=O)N(C)C4C[C@@H]5CN(CCc6cc(F)c([C@H]7CCC(=O)NC7=O)c(F)c6)C[C@@H]5C4)cc31)NC2=O. The van der Waals surface area contributed by atoms with Crippen LogP contribution in [-0.2, 0) is 29.6 Å². The molecule has 1 aliphatic carbocycles. The summed E-state index contributed by atoms with van der Waals surface area (Å²) in [6, 6.07) is 11.7. The van der Waals surface area contributed by atoms with Crippen LogP contribution in [0.25, 0.3) is 22.3 Å². The average molecular weight is 848 g/mol. The van der Waals surface area contributed by atoms with Crippen molar-refractivity contribution in [1.82, 2.24) is 39.4 Å². The third kappa shape index (κ3) is 8.07. The number of carbonyl (C=O) groups is 4. The second kappa shape index (κ2) is 16.7. The van der Waals surface area contributed by atoms with Crippen molar-refractivity contribution in [2.24, 2.45) is 24.8 Å². The molecule has 324 valence electrons. The van der Waals surface area contributed by atoms with Crippen molar-refractivity contribution in [3.63, 3.8) is 0 Å². The van der Waals surface area contributed by atoms with E-state index in [0.717, 1.165) is 44.3 Å². The van der Waals surface area contributed by atoms with Crippen LogP contribution in [0.5, 0.6) is 5.88 Å². The molecule has 2 bridgehead atoms. The highest BCUT2D eigenvalue weighted by atomic mass is 19.1. The van der Waals surface area contributed by atoms with E-state index in [1.54, 1.807) is 29.1 Å². The maximum atomic E-state index is 15.1. The van der Waals surface area contributed by atoms with E-state index >= 15 is 8.78 Å². The van der Waals surface area contributed by atoms with Gasteiger partial charge < -0.3 is 19.1 Å². The number of likely N-dealkylation sites (tertiary alicyclic amines) is 1. The van der Waals surface area contributed by atoms with Gasteiger partial charge in [-0.3, -0.25) is 34.8 Å². The minimum Gasteiger partial charge on any atom is -0.477 e. The fraction of sp³-hybridized carbons (Fsp3) is 0.457. The van der Waals surface area contributed by atoms with E-state index in [1.165, 1.54) is 12.1 Å². The molecule has 0 spiro atoms. The molecule has 5 aromatic rings. The van der Waals surface area contributed by atoms with Crippen molar-refractivity contribution in [2.45, 2.75) is 77.3 Å². The number of piperidine rings is 1. The molecule has 9 rings (SSSR count). The molecule has 4 aliphatic rings. The molecule has 1 unspecified atom stereocenters. The second-order valence-electron chi connectivity index (χ2n) is 17.7. The van der Waals surface area contributed by atoms with Crippen LogP contribution < -0.4 is 15.4 Å². The van der Waals surface area contributed by atoms with E-state index in [4.69, 9.17) is 14.7 Å². The molecular formula is C46H51F2N9O5. The minimum atomic E-state index is -1.02. The summed E-state index contributed by atoms with van der Waals surface area (Å²) in [5, 5.41) is 9.64. The molecule has 2 saturated heterocycles. The minimum absolute atomic E-state index is 0.0468. The fourth-order valence-electron chi connectivity index (χ4n) is 10.0. The number of ether oxygens (including phenoxy) is 1. The first-order valence-corrected chi connectivity index (χ1v) is 21.6. The van der Waals surface area contributed by atoms with Gasteiger partial charge in [-0.2, -0.15) is 5.10 Å². The highest BCUT2D eigenvalue weighted by Crippen LogP contribution is 2.41. The molecular weight excluding hydrogens is 797 g/mol. The number of hydrogen-bond donors (Lipinski definition) is 2. The van der Waals surface area contributed by atoms with Gasteiger partial charge in [0.15, 0.2) is 0 Å². The van der Waals surface area contributed by atoms with E-state index < -0.39 is 29.4 Å². The maximum Gasteiger partial charge on any atom is 0.258 e. The number of anilines is 1. The van der Waals surface area contributed by atoms with E-state index in [0.29, 0.717) is 88.9 Å². The number of aryl methyl sites for hydroxylation is 2. The van der Waals surface area contributed by atoms with Crippen LogP contribution >= 0.6 is 0 Å². The predicted octanol–water partition coefficient (Wildman–Crippen LogP) is 6.02. The fourth-order valence-corrected chi connectivity index (χ4v) is 10.0. The average Bonchev–Trinajstić information content (AvgIpc) is 4.00. The molecule has 62 heavy (non-hydrogen) atoms. The lowest BCUT2D eigenvalue weighted by Crippen LogP contribution is -2.40. The molecule has 3 aliphatic heterocycles. The zero-order valence-corrected chi connectivity index (χ0v) is 35.4. The van der Waals surface area contributed by atoms with Gasteiger partial charge in [0.05, 0.1) is 41.0 Å². The summed E-state index contributed by atoms with van der Waals surface area (Å²) in [4.78, 5) is 65.6. The Morgan fingerprint density at radius 3 is 2.47 bits per heavy atom. The van der Waals surface area contributed by atoms with Gasteiger partial charge in [-0.1, -0.05) is 6.92 Å². The summed E-state index contributed by atoms with van der Waals surface area (Å²) in [7, 11) is 3.69. The summed E-state index contributed by atoms with van der Waals surface area (Å²) in [6.45, 7) is 7.38. The highest BCUT2D eigenvalue weighted by molar-refractivity contribution is 6.05. The van der Waals surface area contributed by atoms with Gasteiger partial charge in [0.1, 0.15) is 11.6 Å². The van der Waals surface area contributed by atoms with Crippen LogP contribution in [0.15, 0.2) is 48.7 Å². The Hall–Kier alpha value is -6.03. The number of amides is 4. The van der Waals surface area contributed by atoms with Gasteiger partial charge in [0.25, 0.3) is 11.8 Å². The summed E-state index contributed by atoms with van der Waals surface area (Å²) < 4.78 is 40.2. The Morgan fingerprint density at radius 2 is 1.73 bits per heavy atom. The van der Waals surface area contributed by atoms with Crippen molar-refractivity contribution < 1.29 is 32.7 Å². The molecule has 16 heteroatoms. The Balaban J connectivity index is 0.864. The third-order valence-corrected chi connectivity index (χ3v) is 13.3. The van der Waals surface area contributed by atoms with Crippen LogP contribution in [0.4, 0.5) is 14.7 Å². The van der Waals surface area contributed by atoms with Gasteiger partial charge >= 0.3 is 0 Å². The third-order valence-electron chi connectivity index (χ3n) is 13.3. The Labute approximate surface area is 358 Å². The Bertz CT molecular complexity index is 2570. The summed E-state index contributed by atoms with van der Waals surface area (Å²) in [5.41, 5.74) is 4.64. The molecule has 3 fully saturated rings. The largest absolute Gasteiger partial charge is 0.477 e. The van der Waals surface area contributed by atoms with Crippen LogP contribution in [0, 0.1) is 36.3 Å². The molecule has 14 nitrogen and oxygen atoms in total. The second-order valence-corrected chi connectivity index (χ2v) is 17.7. The van der Waals surface area contributed by atoms with Crippen molar-refractivity contribution in [1.29, 1.82) is 0 Å². The Kier molecular flexibility index (Phi) is 11.1. The molecule has 0 radical (unpaired) electrons. The number of aromatic nitrogens is 5. The standard InChI is InChI=1S/C46H51F2N9O5/c1-25-6-5-13-62-45-34(21-49-55(45)4)38-19-29(14-26(2)50-38)42(59)53-46-51-37-9-7-28(20-39(37)57(46)22-25)44(61)54(3)32-17-30-23-56(24-31(30)18-32)12-11-27-15-35(47)41(36(48)16-27)33-8-10-40(58)52-43(33)60/h7,9,14-16,19-21,25,30-33H,5-6,8,10-13,17-18,22-24H2,1-4H3,(H,51,53,59)(H,52,58,60)/t25-,30-,31+,32?,33-/m1/s1. The van der Waals surface area contributed by atoms with Crippen molar-refractivity contribution in [2.75, 3.05) is 38.6 Å². The van der Waals surface area contributed by atoms with Crippen LogP contribution in [0.1, 0.15) is 88.9 Å². The number of halogens is 2. The van der Waals surface area contributed by atoms with E-state index in [2.05, 4.69) is 27.6 Å². The monoisotopic (exact) mass is 847 g/mol. The molecule has 2 aromatic carbocycles. The Morgan fingerprint density at radius 1 is 0.968 bits per heavy atom. The lowest BCUT2D eigenvalue weighted by molar-refractivity contribution is -0.134. The quantitative estimate of drug-likeness (QED) is 0.195. The van der Waals surface area contributed by atoms with E-state index in [1.807, 2.05) is 42.6 Å². The van der Waals surface area contributed by atoms with Crippen molar-refractivity contribution in [3.05, 3.63) is 88.2 Å². The molecule has 6 heterocycles. The number of nitrogens with zero attached hydrogens (tertiary/aromatic N) is 7. The number of pyridine rings is 1. The van der Waals surface area contributed by atoms with Gasteiger partial charge in [-0.15, -0.1) is 0 Å². The van der Waals surface area contributed by atoms with Crippen LogP contribution in [0.2, 0.25) is 0 Å². The summed E-state index contributed by atoms with van der Waals surface area (Å²) in [5.74, 6) is -2.03. The molecule has 4 amide bonds. The topological polar surface area (TPSA) is 157 Å². The van der Waals surface area contributed by atoms with Gasteiger partial charge in [-0.25, -0.2) is 18.4 Å². The van der Waals surface area contributed by atoms with Crippen molar-refractivity contribution in [3.8, 4) is 17.1 Å². The number of rotatable bonds is 6. The first-order valence-electron chi connectivity index (χ1n) is 21.6. The maximum absolute atomic E-state index is 15.1. The zero-order chi connectivity index (χ0) is 43.4. The smallest absolute Gasteiger partial charge is 0.258 e. The number of fused-ring (bicyclic) bond motifs is 8. The number of imide groups is 1. The lowest BCUT2D eigenvalue weighted by Gasteiger charge is -2.27. The number of imidazole rings is 1. The first-order chi connectivity index (χ1) is 29.8. The van der Waals surface area contributed by atoms with Crippen LogP contribution in [-0.4, -0.2) is 97.1 Å². The highest BCUT2D eigenvalue weighted by Gasteiger charge is 2.43. The van der Waals surface area contributed by atoms with Gasteiger partial charge in [-0.05, 0) is 111 Å². The van der Waals surface area contributed by atoms with Crippen LogP contribution in [0.3, 0.4) is 0 Å². The van der Waals surface area contributed by atoms with Gasteiger partial charge in [0.2, 0.25) is 23.6 Å². The number of benzene rings is 2.